The van der Waals surface area contributed by atoms with Crippen LogP contribution < -0.4 is 9.47 Å². The lowest BCUT2D eigenvalue weighted by molar-refractivity contribution is 0.339. The Morgan fingerprint density at radius 1 is 1.12 bits per heavy atom. The highest BCUT2D eigenvalue weighted by molar-refractivity contribution is 5.52. The van der Waals surface area contributed by atoms with Crippen LogP contribution in [0.1, 0.15) is 25.8 Å². The van der Waals surface area contributed by atoms with Crippen LogP contribution in [-0.4, -0.2) is 19.3 Å². The van der Waals surface area contributed by atoms with Gasteiger partial charge in [-0.25, -0.2) is 0 Å². The molecule has 0 atom stereocenters. The van der Waals surface area contributed by atoms with E-state index in [4.69, 9.17) is 9.47 Å². The number of rotatable bonds is 5. The molecule has 0 fully saturated rings. The number of phenols is 1. The molecule has 1 N–H and O–H groups in total. The summed E-state index contributed by atoms with van der Waals surface area (Å²) in [6.07, 6.45) is 2.07. The van der Waals surface area contributed by atoms with E-state index >= 15 is 0 Å². The fourth-order valence-corrected chi connectivity index (χ4v) is 1.55. The van der Waals surface area contributed by atoms with Crippen LogP contribution >= 0.6 is 0 Å². The lowest BCUT2D eigenvalue weighted by Gasteiger charge is -2.11. The number of aromatic hydroxyl groups is 1. The molecule has 0 saturated carbocycles. The van der Waals surface area contributed by atoms with Crippen molar-refractivity contribution in [1.29, 1.82) is 0 Å². The second-order valence-electron chi connectivity index (χ2n) is 4.28. The second-order valence-corrected chi connectivity index (χ2v) is 4.28. The average Bonchev–Trinajstić information content (AvgIpc) is 2.27. The normalized spacial score (nSPS) is 10.6. The molecule has 0 aromatic heterocycles. The van der Waals surface area contributed by atoms with Gasteiger partial charge in [-0.1, -0.05) is 13.8 Å². The number of aryl methyl sites for hydroxylation is 1. The van der Waals surface area contributed by atoms with E-state index in [-0.39, 0.29) is 5.75 Å². The number of ether oxygens (including phenoxy) is 2. The minimum atomic E-state index is 0.0679. The highest BCUT2D eigenvalue weighted by atomic mass is 16.5. The number of methoxy groups -OCH3 is 2. The summed E-state index contributed by atoms with van der Waals surface area (Å²) in [5, 5.41) is 9.74. The van der Waals surface area contributed by atoms with Crippen LogP contribution in [0.4, 0.5) is 0 Å². The molecule has 0 amide bonds. The van der Waals surface area contributed by atoms with Crippen molar-refractivity contribution in [3.63, 3.8) is 0 Å². The van der Waals surface area contributed by atoms with E-state index in [0.29, 0.717) is 17.4 Å². The van der Waals surface area contributed by atoms with E-state index in [9.17, 15) is 5.11 Å². The van der Waals surface area contributed by atoms with Gasteiger partial charge in [0.15, 0.2) is 11.5 Å². The van der Waals surface area contributed by atoms with Crippen molar-refractivity contribution in [2.75, 3.05) is 14.2 Å². The lowest BCUT2D eigenvalue weighted by Crippen LogP contribution is -1.95. The van der Waals surface area contributed by atoms with Gasteiger partial charge in [0.05, 0.1) is 14.2 Å². The average molecular weight is 224 g/mol. The topological polar surface area (TPSA) is 38.7 Å². The van der Waals surface area contributed by atoms with Crippen LogP contribution in [-0.2, 0) is 6.42 Å². The van der Waals surface area contributed by atoms with Gasteiger partial charge in [0, 0.05) is 0 Å². The van der Waals surface area contributed by atoms with Crippen LogP contribution in [0, 0.1) is 5.92 Å². The summed E-state index contributed by atoms with van der Waals surface area (Å²) in [5.74, 6) is 1.67. The molecule has 0 spiro atoms. The quantitative estimate of drug-likeness (QED) is 0.835. The molecule has 0 aliphatic rings. The Hall–Kier alpha value is -1.38. The standard InChI is InChI=1S/C13H20O3/c1-9(2)5-6-10-7-11(15-3)13(14)12(8-10)16-4/h7-9,14H,5-6H2,1-4H3. The molecule has 90 valence electrons. The highest BCUT2D eigenvalue weighted by Crippen LogP contribution is 2.37. The molecular formula is C13H20O3. The summed E-state index contributed by atoms with van der Waals surface area (Å²) in [6.45, 7) is 4.38. The van der Waals surface area contributed by atoms with Crippen LogP contribution in [0.2, 0.25) is 0 Å². The third kappa shape index (κ3) is 3.05. The number of phenolic OH excluding ortho intramolecular Hbond substituents is 1. The monoisotopic (exact) mass is 224 g/mol. The molecule has 16 heavy (non-hydrogen) atoms. The van der Waals surface area contributed by atoms with Gasteiger partial charge in [0.2, 0.25) is 5.75 Å². The zero-order valence-corrected chi connectivity index (χ0v) is 10.4. The maximum atomic E-state index is 9.74. The van der Waals surface area contributed by atoms with E-state index in [1.807, 2.05) is 12.1 Å². The summed E-state index contributed by atoms with van der Waals surface area (Å²) in [4.78, 5) is 0. The van der Waals surface area contributed by atoms with Crippen molar-refractivity contribution in [1.82, 2.24) is 0 Å². The molecule has 1 aromatic carbocycles. The van der Waals surface area contributed by atoms with Crippen LogP contribution in [0.15, 0.2) is 12.1 Å². The van der Waals surface area contributed by atoms with Crippen molar-refractivity contribution in [3.05, 3.63) is 17.7 Å². The van der Waals surface area contributed by atoms with Gasteiger partial charge in [-0.3, -0.25) is 0 Å². The number of hydrogen-bond donors (Lipinski definition) is 1. The zero-order valence-electron chi connectivity index (χ0n) is 10.4. The Bertz CT molecular complexity index is 320. The summed E-state index contributed by atoms with van der Waals surface area (Å²) < 4.78 is 10.2. The zero-order chi connectivity index (χ0) is 12.1. The Balaban J connectivity index is 2.93. The summed E-state index contributed by atoms with van der Waals surface area (Å²) in [5.41, 5.74) is 1.13. The molecule has 1 rings (SSSR count). The molecule has 0 aliphatic heterocycles. The van der Waals surface area contributed by atoms with E-state index in [2.05, 4.69) is 13.8 Å². The molecule has 0 unspecified atom stereocenters. The summed E-state index contributed by atoms with van der Waals surface area (Å²) in [7, 11) is 3.08. The first-order valence-corrected chi connectivity index (χ1v) is 5.52. The van der Waals surface area contributed by atoms with Crippen molar-refractivity contribution in [2.24, 2.45) is 5.92 Å². The minimum absolute atomic E-state index is 0.0679. The summed E-state index contributed by atoms with van der Waals surface area (Å²) >= 11 is 0. The maximum Gasteiger partial charge on any atom is 0.200 e. The van der Waals surface area contributed by atoms with E-state index in [1.54, 1.807) is 14.2 Å². The van der Waals surface area contributed by atoms with Gasteiger partial charge in [0.1, 0.15) is 0 Å². The van der Waals surface area contributed by atoms with Gasteiger partial charge in [0.25, 0.3) is 0 Å². The first-order chi connectivity index (χ1) is 7.58. The third-order valence-electron chi connectivity index (χ3n) is 2.55. The molecular weight excluding hydrogens is 204 g/mol. The molecule has 0 radical (unpaired) electrons. The largest absolute Gasteiger partial charge is 0.502 e. The summed E-state index contributed by atoms with van der Waals surface area (Å²) in [6, 6.07) is 3.72. The molecule has 1 aromatic rings. The maximum absolute atomic E-state index is 9.74. The Morgan fingerprint density at radius 2 is 1.62 bits per heavy atom. The van der Waals surface area contributed by atoms with Crippen LogP contribution in [0.25, 0.3) is 0 Å². The first kappa shape index (κ1) is 12.7. The van der Waals surface area contributed by atoms with E-state index in [0.717, 1.165) is 18.4 Å². The minimum Gasteiger partial charge on any atom is -0.502 e. The first-order valence-electron chi connectivity index (χ1n) is 5.52. The molecule has 3 heteroatoms. The van der Waals surface area contributed by atoms with Gasteiger partial charge in [-0.05, 0) is 36.5 Å². The highest BCUT2D eigenvalue weighted by Gasteiger charge is 2.11. The fourth-order valence-electron chi connectivity index (χ4n) is 1.55. The third-order valence-corrected chi connectivity index (χ3v) is 2.55. The van der Waals surface area contributed by atoms with Gasteiger partial charge >= 0.3 is 0 Å². The van der Waals surface area contributed by atoms with E-state index < -0.39 is 0 Å². The van der Waals surface area contributed by atoms with Crippen LogP contribution in [0.5, 0.6) is 17.2 Å². The molecule has 0 aliphatic carbocycles. The van der Waals surface area contributed by atoms with Gasteiger partial charge in [-0.15, -0.1) is 0 Å². The lowest BCUT2D eigenvalue weighted by atomic mass is 10.0. The SMILES string of the molecule is COc1cc(CCC(C)C)cc(OC)c1O. The Labute approximate surface area is 97.0 Å². The van der Waals surface area contributed by atoms with Crippen LogP contribution in [0.3, 0.4) is 0 Å². The Kier molecular flexibility index (Phi) is 4.47. The molecule has 0 saturated heterocycles. The van der Waals surface area contributed by atoms with Crippen molar-refractivity contribution in [3.8, 4) is 17.2 Å². The Morgan fingerprint density at radius 3 is 2.00 bits per heavy atom. The second kappa shape index (κ2) is 5.64. The number of benzene rings is 1. The van der Waals surface area contributed by atoms with Gasteiger partial charge in [-0.2, -0.15) is 0 Å². The van der Waals surface area contributed by atoms with Crippen molar-refractivity contribution >= 4 is 0 Å². The van der Waals surface area contributed by atoms with Crippen molar-refractivity contribution in [2.45, 2.75) is 26.7 Å². The number of hydrogen-bond acceptors (Lipinski definition) is 3. The molecule has 0 heterocycles. The van der Waals surface area contributed by atoms with E-state index in [1.165, 1.54) is 0 Å². The molecule has 3 nitrogen and oxygen atoms in total. The van der Waals surface area contributed by atoms with Gasteiger partial charge < -0.3 is 14.6 Å². The molecule has 0 bridgehead atoms. The fraction of sp³-hybridized carbons (Fsp3) is 0.538. The smallest absolute Gasteiger partial charge is 0.200 e. The predicted octanol–water partition coefficient (Wildman–Crippen LogP) is 3.00. The van der Waals surface area contributed by atoms with Crippen molar-refractivity contribution < 1.29 is 14.6 Å². The predicted molar refractivity (Wildman–Crippen MR) is 64.4 cm³/mol.